The molecule has 5 nitrogen and oxygen atoms in total. The maximum atomic E-state index is 12.8. The average molecular weight is 290 g/mol. The summed E-state index contributed by atoms with van der Waals surface area (Å²) >= 11 is 0. The van der Waals surface area contributed by atoms with Gasteiger partial charge in [-0.05, 0) is 23.8 Å². The summed E-state index contributed by atoms with van der Waals surface area (Å²) in [7, 11) is 1.55. The topological polar surface area (TPSA) is 71.3 Å². The molecule has 1 heterocycles. The first kappa shape index (κ1) is 14.9. The van der Waals surface area contributed by atoms with Gasteiger partial charge in [-0.1, -0.05) is 12.1 Å². The minimum Gasteiger partial charge on any atom is -0.387 e. The van der Waals surface area contributed by atoms with Crippen LogP contribution in [-0.2, 0) is 7.05 Å². The van der Waals surface area contributed by atoms with E-state index < -0.39 is 12.0 Å². The molecule has 6 heteroatoms. The van der Waals surface area contributed by atoms with Crippen LogP contribution in [0.2, 0.25) is 0 Å². The molecular formula is C15H15FN2O3. The predicted molar refractivity (Wildman–Crippen MR) is 75.4 cm³/mol. The van der Waals surface area contributed by atoms with Crippen LogP contribution in [0.4, 0.5) is 4.39 Å². The van der Waals surface area contributed by atoms with Gasteiger partial charge in [0.1, 0.15) is 5.82 Å². The molecule has 1 amide bonds. The van der Waals surface area contributed by atoms with Gasteiger partial charge >= 0.3 is 0 Å². The van der Waals surface area contributed by atoms with Crippen LogP contribution in [0.25, 0.3) is 0 Å². The van der Waals surface area contributed by atoms with E-state index in [4.69, 9.17) is 0 Å². The molecule has 0 spiro atoms. The van der Waals surface area contributed by atoms with Crippen molar-refractivity contribution in [1.29, 1.82) is 0 Å². The maximum absolute atomic E-state index is 12.8. The first-order valence-electron chi connectivity index (χ1n) is 6.36. The maximum Gasteiger partial charge on any atom is 0.252 e. The Kier molecular flexibility index (Phi) is 4.49. The molecule has 0 aliphatic carbocycles. The van der Waals surface area contributed by atoms with Gasteiger partial charge in [-0.25, -0.2) is 4.39 Å². The standard InChI is InChI=1S/C15H15FN2O3/c1-18-9-11(4-7-14(18)20)15(21)17-8-13(19)10-2-5-12(16)6-3-10/h2-7,9,13,19H,8H2,1H3,(H,17,21). The fourth-order valence-corrected chi connectivity index (χ4v) is 1.82. The van der Waals surface area contributed by atoms with Crippen LogP contribution in [0, 0.1) is 5.82 Å². The zero-order valence-corrected chi connectivity index (χ0v) is 11.4. The number of nitrogens with one attached hydrogen (secondary N) is 1. The van der Waals surface area contributed by atoms with Crippen LogP contribution >= 0.6 is 0 Å². The van der Waals surface area contributed by atoms with Gasteiger partial charge in [0.25, 0.3) is 5.91 Å². The summed E-state index contributed by atoms with van der Waals surface area (Å²) in [6.45, 7) is -0.00664. The molecule has 110 valence electrons. The second-order valence-electron chi connectivity index (χ2n) is 4.64. The van der Waals surface area contributed by atoms with E-state index in [2.05, 4.69) is 5.32 Å². The third-order valence-electron chi connectivity index (χ3n) is 3.06. The molecule has 0 aliphatic heterocycles. The Hall–Kier alpha value is -2.47. The summed E-state index contributed by atoms with van der Waals surface area (Å²) in [4.78, 5) is 23.1. The first-order valence-corrected chi connectivity index (χ1v) is 6.36. The molecule has 0 bridgehead atoms. The van der Waals surface area contributed by atoms with Crippen LogP contribution in [0.1, 0.15) is 22.0 Å². The Bertz CT molecular complexity index is 695. The molecule has 0 aliphatic rings. The second-order valence-corrected chi connectivity index (χ2v) is 4.64. The Morgan fingerprint density at radius 3 is 2.57 bits per heavy atom. The van der Waals surface area contributed by atoms with E-state index in [-0.39, 0.29) is 17.9 Å². The number of halogens is 1. The number of benzene rings is 1. The van der Waals surface area contributed by atoms with E-state index in [9.17, 15) is 19.1 Å². The number of hydrogen-bond donors (Lipinski definition) is 2. The van der Waals surface area contributed by atoms with Gasteiger partial charge in [0, 0.05) is 25.9 Å². The molecule has 1 aromatic heterocycles. The highest BCUT2D eigenvalue weighted by Crippen LogP contribution is 2.12. The van der Waals surface area contributed by atoms with Crippen LogP contribution in [-0.4, -0.2) is 22.1 Å². The molecule has 0 fully saturated rings. The molecule has 21 heavy (non-hydrogen) atoms. The number of hydrogen-bond acceptors (Lipinski definition) is 3. The average Bonchev–Trinajstić information content (AvgIpc) is 2.48. The summed E-state index contributed by atoms with van der Waals surface area (Å²) in [6, 6.07) is 8.12. The molecule has 0 radical (unpaired) electrons. The first-order chi connectivity index (χ1) is 9.97. The van der Waals surface area contributed by atoms with E-state index in [1.807, 2.05) is 0 Å². The zero-order chi connectivity index (χ0) is 15.4. The van der Waals surface area contributed by atoms with E-state index in [1.165, 1.54) is 47.2 Å². The third kappa shape index (κ3) is 3.76. The van der Waals surface area contributed by atoms with E-state index >= 15 is 0 Å². The summed E-state index contributed by atoms with van der Waals surface area (Å²) in [5.74, 6) is -0.785. The smallest absolute Gasteiger partial charge is 0.252 e. The highest BCUT2D eigenvalue weighted by molar-refractivity contribution is 5.93. The highest BCUT2D eigenvalue weighted by atomic mass is 19.1. The third-order valence-corrected chi connectivity index (χ3v) is 3.06. The van der Waals surface area contributed by atoms with Gasteiger partial charge in [-0.2, -0.15) is 0 Å². The van der Waals surface area contributed by atoms with Gasteiger partial charge < -0.3 is 15.0 Å². The van der Waals surface area contributed by atoms with E-state index in [0.29, 0.717) is 11.1 Å². The number of pyridine rings is 1. The van der Waals surface area contributed by atoms with Gasteiger partial charge in [-0.15, -0.1) is 0 Å². The fourth-order valence-electron chi connectivity index (χ4n) is 1.82. The highest BCUT2D eigenvalue weighted by Gasteiger charge is 2.11. The van der Waals surface area contributed by atoms with E-state index in [1.54, 1.807) is 7.05 Å². The Balaban J connectivity index is 1.98. The van der Waals surface area contributed by atoms with Crippen molar-refractivity contribution in [3.8, 4) is 0 Å². The van der Waals surface area contributed by atoms with Crippen molar-refractivity contribution in [3.63, 3.8) is 0 Å². The van der Waals surface area contributed by atoms with Gasteiger partial charge in [0.2, 0.25) is 5.56 Å². The predicted octanol–water partition coefficient (Wildman–Crippen LogP) is 0.988. The molecular weight excluding hydrogens is 275 g/mol. The fraction of sp³-hybridized carbons (Fsp3) is 0.200. The van der Waals surface area contributed by atoms with Crippen molar-refractivity contribution >= 4 is 5.91 Å². The van der Waals surface area contributed by atoms with Crippen molar-refractivity contribution in [3.05, 3.63) is 69.9 Å². The van der Waals surface area contributed by atoms with E-state index in [0.717, 1.165) is 0 Å². The summed E-state index contributed by atoms with van der Waals surface area (Å²) in [5, 5.41) is 12.5. The molecule has 2 N–H and O–H groups in total. The van der Waals surface area contributed by atoms with Crippen LogP contribution < -0.4 is 10.9 Å². The number of carbonyl (C=O) groups is 1. The number of aliphatic hydroxyl groups excluding tert-OH is 1. The second kappa shape index (κ2) is 6.32. The normalized spacial score (nSPS) is 12.0. The molecule has 1 aromatic carbocycles. The lowest BCUT2D eigenvalue weighted by atomic mass is 10.1. The lowest BCUT2D eigenvalue weighted by Crippen LogP contribution is -2.29. The molecule has 1 atom stereocenters. The number of aliphatic hydroxyl groups is 1. The summed E-state index contributed by atoms with van der Waals surface area (Å²) in [5.41, 5.74) is 0.624. The largest absolute Gasteiger partial charge is 0.387 e. The number of aromatic nitrogens is 1. The molecule has 0 saturated carbocycles. The molecule has 0 saturated heterocycles. The molecule has 2 rings (SSSR count). The summed E-state index contributed by atoms with van der Waals surface area (Å²) in [6.07, 6.45) is 0.490. The molecule has 1 unspecified atom stereocenters. The minimum absolute atomic E-state index is 0.00664. The zero-order valence-electron chi connectivity index (χ0n) is 11.4. The van der Waals surface area contributed by atoms with Crippen molar-refractivity contribution < 1.29 is 14.3 Å². The lowest BCUT2D eigenvalue weighted by Gasteiger charge is -2.12. The van der Waals surface area contributed by atoms with Crippen molar-refractivity contribution in [2.45, 2.75) is 6.10 Å². The van der Waals surface area contributed by atoms with Crippen LogP contribution in [0.3, 0.4) is 0 Å². The Labute approximate surface area is 120 Å². The number of rotatable bonds is 4. The van der Waals surface area contributed by atoms with Gasteiger partial charge in [0.15, 0.2) is 0 Å². The Morgan fingerprint density at radius 2 is 1.95 bits per heavy atom. The van der Waals surface area contributed by atoms with Crippen molar-refractivity contribution in [1.82, 2.24) is 9.88 Å². The van der Waals surface area contributed by atoms with Crippen molar-refractivity contribution in [2.24, 2.45) is 7.05 Å². The van der Waals surface area contributed by atoms with Gasteiger partial charge in [-0.3, -0.25) is 9.59 Å². The van der Waals surface area contributed by atoms with Crippen LogP contribution in [0.5, 0.6) is 0 Å². The summed E-state index contributed by atoms with van der Waals surface area (Å²) < 4.78 is 14.1. The lowest BCUT2D eigenvalue weighted by molar-refractivity contribution is 0.0915. The molecule has 2 aromatic rings. The number of aryl methyl sites for hydroxylation is 1. The monoisotopic (exact) mass is 290 g/mol. The van der Waals surface area contributed by atoms with Crippen LogP contribution in [0.15, 0.2) is 47.4 Å². The number of carbonyl (C=O) groups excluding carboxylic acids is 1. The quantitative estimate of drug-likeness (QED) is 0.882. The SMILES string of the molecule is Cn1cc(C(=O)NCC(O)c2ccc(F)cc2)ccc1=O. The van der Waals surface area contributed by atoms with Crippen molar-refractivity contribution in [2.75, 3.05) is 6.54 Å². The minimum atomic E-state index is -0.929. The van der Waals surface area contributed by atoms with Gasteiger partial charge in [0.05, 0.1) is 11.7 Å². The number of amides is 1. The Morgan fingerprint density at radius 1 is 1.29 bits per heavy atom. The number of nitrogens with zero attached hydrogens (tertiary/aromatic N) is 1.